The number of benzene rings is 2. The number of H-pyrrole nitrogens is 1. The van der Waals surface area contributed by atoms with Crippen LogP contribution in [0.1, 0.15) is 49.7 Å². The van der Waals surface area contributed by atoms with E-state index in [0.717, 1.165) is 6.07 Å². The molecule has 2 aromatic heterocycles. The molecule has 1 fully saturated rings. The summed E-state index contributed by atoms with van der Waals surface area (Å²) < 4.78 is 34.6. The van der Waals surface area contributed by atoms with Gasteiger partial charge < -0.3 is 15.6 Å². The standard InChI is InChI=1S/C28H25ClF2N4O3.C2H6/c1-35-26-21(4-5-22(29)24(26)27(36)34-35)20-3-2-19(6-7-28(37)8-10-38-11-9-28)33-25(20)23(32)14-16-12-17(30)15-18(31)13-16;1-2/h2-5,12-13,15,23,37H,8-11,14,32H2,1H3,(H,34,36);1-2H3. The smallest absolute Gasteiger partial charge is 0.273 e. The lowest BCUT2D eigenvalue weighted by Gasteiger charge is -2.26. The third-order valence-corrected chi connectivity index (χ3v) is 6.96. The molecule has 1 aliphatic rings. The van der Waals surface area contributed by atoms with Crippen molar-refractivity contribution in [2.45, 2.75) is 44.8 Å². The van der Waals surface area contributed by atoms with Crippen molar-refractivity contribution >= 4 is 22.5 Å². The van der Waals surface area contributed by atoms with Gasteiger partial charge in [-0.15, -0.1) is 0 Å². The zero-order valence-electron chi connectivity index (χ0n) is 22.5. The summed E-state index contributed by atoms with van der Waals surface area (Å²) in [5, 5.41) is 14.1. The monoisotopic (exact) mass is 568 g/mol. The molecule has 0 bridgehead atoms. The number of aryl methyl sites for hydroxylation is 1. The Morgan fingerprint density at radius 1 is 1.15 bits per heavy atom. The summed E-state index contributed by atoms with van der Waals surface area (Å²) in [5.41, 5.74) is 8.06. The molecule has 40 heavy (non-hydrogen) atoms. The maximum atomic E-state index is 13.9. The van der Waals surface area contributed by atoms with Crippen LogP contribution in [0, 0.1) is 23.5 Å². The molecule has 1 atom stereocenters. The first kappa shape index (κ1) is 29.4. The van der Waals surface area contributed by atoms with Gasteiger partial charge in [-0.3, -0.25) is 14.6 Å². The second-order valence-corrected chi connectivity index (χ2v) is 9.84. The number of halogens is 3. The molecule has 0 aliphatic carbocycles. The number of nitrogens with zero attached hydrogens (tertiary/aromatic N) is 2. The summed E-state index contributed by atoms with van der Waals surface area (Å²) in [6.07, 6.45) is 0.870. The van der Waals surface area contributed by atoms with E-state index in [1.54, 1.807) is 36.0 Å². The Hall–Kier alpha value is -3.55. The SMILES string of the molecule is CC.Cn1[nH]c(=O)c2c(Cl)ccc(-c3ccc(C#CC4(O)CCOCC4)nc3C(N)Cc3cc(F)cc(F)c3)c21. The van der Waals surface area contributed by atoms with Gasteiger partial charge in [-0.25, -0.2) is 13.8 Å². The minimum absolute atomic E-state index is 0.0929. The van der Waals surface area contributed by atoms with Gasteiger partial charge in [0, 0.05) is 37.1 Å². The minimum Gasteiger partial charge on any atom is -0.381 e. The highest BCUT2D eigenvalue weighted by atomic mass is 35.5. The van der Waals surface area contributed by atoms with Gasteiger partial charge in [-0.1, -0.05) is 37.4 Å². The highest BCUT2D eigenvalue weighted by molar-refractivity contribution is 6.35. The van der Waals surface area contributed by atoms with Crippen molar-refractivity contribution in [2.75, 3.05) is 13.2 Å². The average molecular weight is 569 g/mol. The zero-order valence-corrected chi connectivity index (χ0v) is 23.3. The Bertz CT molecular complexity index is 1630. The zero-order chi connectivity index (χ0) is 29.0. The quantitative estimate of drug-likeness (QED) is 0.300. The van der Waals surface area contributed by atoms with E-state index in [9.17, 15) is 18.7 Å². The fourth-order valence-corrected chi connectivity index (χ4v) is 5.00. The van der Waals surface area contributed by atoms with Gasteiger partial charge in [0.1, 0.15) is 22.9 Å². The van der Waals surface area contributed by atoms with Crippen molar-refractivity contribution in [1.29, 1.82) is 0 Å². The number of rotatable bonds is 4. The van der Waals surface area contributed by atoms with Crippen LogP contribution in [-0.2, 0) is 18.2 Å². The number of nitrogens with two attached hydrogens (primary N) is 1. The predicted octanol–water partition coefficient (Wildman–Crippen LogP) is 5.02. The van der Waals surface area contributed by atoms with E-state index in [4.69, 9.17) is 27.1 Å². The van der Waals surface area contributed by atoms with Crippen LogP contribution in [0.25, 0.3) is 22.0 Å². The molecule has 1 aliphatic heterocycles. The number of aliphatic hydroxyl groups is 1. The van der Waals surface area contributed by atoms with Gasteiger partial charge in [0.05, 0.1) is 40.9 Å². The third kappa shape index (κ3) is 6.26. The van der Waals surface area contributed by atoms with Crippen molar-refractivity contribution < 1.29 is 18.6 Å². The molecular formula is C30H31ClF2N4O3. The third-order valence-electron chi connectivity index (χ3n) is 6.65. The van der Waals surface area contributed by atoms with E-state index in [0.29, 0.717) is 70.1 Å². The summed E-state index contributed by atoms with van der Waals surface area (Å²) >= 11 is 6.33. The van der Waals surface area contributed by atoms with E-state index in [1.165, 1.54) is 12.1 Å². The lowest BCUT2D eigenvalue weighted by molar-refractivity contribution is -0.0262. The van der Waals surface area contributed by atoms with Crippen molar-refractivity contribution in [3.05, 3.63) is 86.4 Å². The molecule has 10 heteroatoms. The Kier molecular flexibility index (Phi) is 9.06. The van der Waals surface area contributed by atoms with Crippen LogP contribution >= 0.6 is 11.6 Å². The lowest BCUT2D eigenvalue weighted by atomic mass is 9.93. The number of hydrogen-bond donors (Lipinski definition) is 3. The number of fused-ring (bicyclic) bond motifs is 1. The fourth-order valence-electron chi connectivity index (χ4n) is 4.76. The van der Waals surface area contributed by atoms with Crippen LogP contribution in [0.4, 0.5) is 8.78 Å². The molecule has 1 saturated heterocycles. The van der Waals surface area contributed by atoms with Crippen molar-refractivity contribution in [3.63, 3.8) is 0 Å². The first-order valence-corrected chi connectivity index (χ1v) is 13.4. The van der Waals surface area contributed by atoms with Crippen LogP contribution < -0.4 is 11.3 Å². The summed E-state index contributed by atoms with van der Waals surface area (Å²) in [6.45, 7) is 4.83. The second kappa shape index (κ2) is 12.3. The van der Waals surface area contributed by atoms with Gasteiger partial charge in [-0.05, 0) is 48.2 Å². The van der Waals surface area contributed by atoms with Gasteiger partial charge in [0.25, 0.3) is 5.56 Å². The maximum Gasteiger partial charge on any atom is 0.273 e. The summed E-state index contributed by atoms with van der Waals surface area (Å²) in [6, 6.07) is 9.35. The normalized spacial score (nSPS) is 15.1. The van der Waals surface area contributed by atoms with Crippen molar-refractivity contribution in [1.82, 2.24) is 14.8 Å². The molecule has 210 valence electrons. The van der Waals surface area contributed by atoms with E-state index < -0.39 is 23.3 Å². The van der Waals surface area contributed by atoms with E-state index in [-0.39, 0.29) is 12.0 Å². The minimum atomic E-state index is -1.17. The largest absolute Gasteiger partial charge is 0.381 e. The summed E-state index contributed by atoms with van der Waals surface area (Å²) in [7, 11) is 1.69. The maximum absolute atomic E-state index is 13.9. The molecule has 1 unspecified atom stereocenters. The summed E-state index contributed by atoms with van der Waals surface area (Å²) in [5.74, 6) is 4.45. The molecule has 4 N–H and O–H groups in total. The Morgan fingerprint density at radius 2 is 1.80 bits per heavy atom. The van der Waals surface area contributed by atoms with Gasteiger partial charge in [0.2, 0.25) is 0 Å². The Balaban J connectivity index is 0.00000181. The van der Waals surface area contributed by atoms with Crippen LogP contribution in [0.15, 0.2) is 47.3 Å². The average Bonchev–Trinajstić information content (AvgIpc) is 3.23. The lowest BCUT2D eigenvalue weighted by Crippen LogP contribution is -2.34. The number of hydrogen-bond acceptors (Lipinski definition) is 5. The molecule has 5 rings (SSSR count). The first-order chi connectivity index (χ1) is 19.1. The fraction of sp³-hybridized carbons (Fsp3) is 0.333. The molecule has 3 heterocycles. The molecule has 0 amide bonds. The second-order valence-electron chi connectivity index (χ2n) is 9.43. The van der Waals surface area contributed by atoms with Crippen LogP contribution in [-0.4, -0.2) is 38.7 Å². The van der Waals surface area contributed by atoms with Crippen LogP contribution in [0.5, 0.6) is 0 Å². The number of pyridine rings is 1. The van der Waals surface area contributed by atoms with Crippen molar-refractivity contribution in [2.24, 2.45) is 12.8 Å². The molecule has 4 aromatic rings. The number of nitrogens with one attached hydrogen (secondary N) is 1. The van der Waals surface area contributed by atoms with Gasteiger partial charge in [-0.2, -0.15) is 0 Å². The number of aromatic amines is 1. The Morgan fingerprint density at radius 3 is 2.48 bits per heavy atom. The van der Waals surface area contributed by atoms with Crippen LogP contribution in [0.3, 0.4) is 0 Å². The topological polar surface area (TPSA) is 106 Å². The highest BCUT2D eigenvalue weighted by Crippen LogP contribution is 2.35. The molecule has 0 radical (unpaired) electrons. The molecule has 7 nitrogen and oxygen atoms in total. The predicted molar refractivity (Wildman–Crippen MR) is 152 cm³/mol. The molecule has 0 saturated carbocycles. The van der Waals surface area contributed by atoms with Gasteiger partial charge >= 0.3 is 0 Å². The van der Waals surface area contributed by atoms with E-state index in [2.05, 4.69) is 16.9 Å². The first-order valence-electron chi connectivity index (χ1n) is 13.1. The molecule has 2 aromatic carbocycles. The van der Waals surface area contributed by atoms with Crippen molar-refractivity contribution in [3.8, 4) is 23.0 Å². The van der Waals surface area contributed by atoms with E-state index in [1.807, 2.05) is 13.8 Å². The summed E-state index contributed by atoms with van der Waals surface area (Å²) in [4.78, 5) is 17.2. The number of ether oxygens (including phenoxy) is 1. The van der Waals surface area contributed by atoms with Gasteiger partial charge in [0.15, 0.2) is 0 Å². The Labute approximate surface area is 235 Å². The molecular weight excluding hydrogens is 538 g/mol. The number of aromatic nitrogens is 3. The van der Waals surface area contributed by atoms with E-state index >= 15 is 0 Å². The molecule has 0 spiro atoms. The highest BCUT2D eigenvalue weighted by Gasteiger charge is 2.27. The van der Waals surface area contributed by atoms with Crippen LogP contribution in [0.2, 0.25) is 5.02 Å².